The fourth-order valence-corrected chi connectivity index (χ4v) is 41.4. The molecule has 0 nitrogen and oxygen atoms in total. The van der Waals surface area contributed by atoms with Gasteiger partial charge >= 0.3 is 444 Å². The van der Waals surface area contributed by atoms with Gasteiger partial charge in [0.2, 0.25) is 0 Å². The van der Waals surface area contributed by atoms with Crippen molar-refractivity contribution in [3.8, 4) is 55.6 Å². The van der Waals surface area contributed by atoms with Crippen LogP contribution in [-0.2, 0) is 27.2 Å². The number of hydrogen-bond acceptors (Lipinski definition) is 0. The first-order valence-corrected chi connectivity index (χ1v) is 38.0. The zero-order valence-electron chi connectivity index (χ0n) is 43.7. The van der Waals surface area contributed by atoms with Crippen LogP contribution in [0, 0.1) is 11.8 Å². The first-order valence-electron chi connectivity index (χ1n) is 26.2. The molecule has 1 heterocycles. The number of benzene rings is 8. The van der Waals surface area contributed by atoms with Crippen molar-refractivity contribution in [3.05, 3.63) is 220 Å². The third-order valence-electron chi connectivity index (χ3n) is 16.4. The molecule has 4 heteroatoms. The van der Waals surface area contributed by atoms with Crippen molar-refractivity contribution in [1.29, 1.82) is 0 Å². The quantitative estimate of drug-likeness (QED) is 0.126. The summed E-state index contributed by atoms with van der Waals surface area (Å²) < 4.78 is 0.864. The normalized spacial score (nSPS) is 17.1. The Morgan fingerprint density at radius 2 is 0.806 bits per heavy atom. The van der Waals surface area contributed by atoms with E-state index in [4.69, 9.17) is 0 Å². The fourth-order valence-electron chi connectivity index (χ4n) is 13.2. The summed E-state index contributed by atoms with van der Waals surface area (Å²) in [5.41, 5.74) is 22.9. The van der Waals surface area contributed by atoms with E-state index >= 15 is 0 Å². The van der Waals surface area contributed by atoms with E-state index in [9.17, 15) is 17.0 Å². The molecule has 0 saturated heterocycles. The maximum absolute atomic E-state index is 9.72. The van der Waals surface area contributed by atoms with Crippen LogP contribution in [0.4, 0.5) is 0 Å². The zero-order valence-corrected chi connectivity index (χ0v) is 49.1. The maximum atomic E-state index is 9.72. The Labute approximate surface area is 440 Å². The first-order chi connectivity index (χ1) is 34.4. The van der Waals surface area contributed by atoms with E-state index in [1.165, 1.54) is 114 Å². The minimum atomic E-state index is -5.94. The Morgan fingerprint density at radius 3 is 1.24 bits per heavy atom. The minimum absolute atomic E-state index is 0.148. The van der Waals surface area contributed by atoms with Crippen LogP contribution in [0.1, 0.15) is 110 Å². The van der Waals surface area contributed by atoms with Crippen LogP contribution < -0.4 is 13.6 Å². The molecule has 0 aromatic heterocycles. The van der Waals surface area contributed by atoms with Gasteiger partial charge in [0.1, 0.15) is 0 Å². The monoisotopic (exact) mass is 1070 g/mol. The van der Waals surface area contributed by atoms with Gasteiger partial charge in [0, 0.05) is 0 Å². The molecule has 0 N–H and O–H groups in total. The van der Waals surface area contributed by atoms with Crippen molar-refractivity contribution in [2.45, 2.75) is 87.3 Å². The van der Waals surface area contributed by atoms with Crippen LogP contribution in [0.15, 0.2) is 187 Å². The summed E-state index contributed by atoms with van der Waals surface area (Å²) in [5, 5.41) is 2.93. The molecule has 2 atom stereocenters. The van der Waals surface area contributed by atoms with Crippen molar-refractivity contribution in [3.63, 3.8) is 0 Å². The molecule has 0 bridgehead atoms. The molecule has 0 fully saturated rings. The average Bonchev–Trinajstić information content (AvgIpc) is 4.09. The predicted molar refractivity (Wildman–Crippen MR) is 314 cm³/mol. The molecule has 1 aliphatic heterocycles. The molecule has 72 heavy (non-hydrogen) atoms. The molecule has 361 valence electrons. The summed E-state index contributed by atoms with van der Waals surface area (Å²) in [4.78, 5) is 0. The Balaban J connectivity index is 1.26. The molecular formula is C68H67Cl2SiZr. The van der Waals surface area contributed by atoms with Gasteiger partial charge in [0.05, 0.1) is 0 Å². The Hall–Kier alpha value is -5.08. The fraction of sp³-hybridized carbons (Fsp3) is 0.235. The second kappa shape index (κ2) is 18.1. The van der Waals surface area contributed by atoms with Gasteiger partial charge in [-0.2, -0.15) is 0 Å². The van der Waals surface area contributed by atoms with Crippen molar-refractivity contribution in [1.82, 2.24) is 0 Å². The van der Waals surface area contributed by atoms with E-state index < -0.39 is 25.9 Å². The molecule has 0 amide bonds. The van der Waals surface area contributed by atoms with Gasteiger partial charge in [0.15, 0.2) is 0 Å². The van der Waals surface area contributed by atoms with Crippen LogP contribution in [0.2, 0.25) is 0 Å². The molecule has 3 aliphatic rings. The van der Waals surface area contributed by atoms with E-state index in [0.29, 0.717) is 0 Å². The third kappa shape index (κ3) is 7.84. The van der Waals surface area contributed by atoms with Gasteiger partial charge in [0.25, 0.3) is 0 Å². The SMILES string of the molecule is CC(C)C1=Cc2c(ccc(C(C)(C)C)c2-c2ccccc2-c2ccccc2)[CH]1[Zr]([Cl])([Cl])([c]1cccc2c1[SiH2]c1ccccc1-2)[CH]1C(C(C)C)=Cc2c1ccc(C(C)(C)C)c2-c1ccccc1-c1ccccc1. The number of allylic oxidation sites excluding steroid dienone is 2. The summed E-state index contributed by atoms with van der Waals surface area (Å²) in [7, 11) is 18.5. The third-order valence-corrected chi connectivity index (χ3v) is 39.0. The van der Waals surface area contributed by atoms with E-state index in [1.54, 1.807) is 0 Å². The van der Waals surface area contributed by atoms with E-state index in [1.807, 2.05) is 0 Å². The predicted octanol–water partition coefficient (Wildman–Crippen LogP) is 17.3. The summed E-state index contributed by atoms with van der Waals surface area (Å²) in [5.74, 6) is 0.358. The Bertz CT molecular complexity index is 3330. The topological polar surface area (TPSA) is 0 Å². The standard InChI is InChI=1S/2C28H29.C12H9Si.2ClH.Zr/c2*1-19(2)22-17-21-15-16-26(28(3,4)5)27(25(21)18-22)24-14-10-9-13-23(24)20-11-7-6-8-12-20;1-3-7-11-9(5-1)10-6-2-4-8-12(10)13-11;;;/h2*6-19H,1-5H3;1-7H,13H2;2*1H;/q;;;;;+2/p-2. The van der Waals surface area contributed by atoms with Gasteiger partial charge in [-0.25, -0.2) is 0 Å². The van der Waals surface area contributed by atoms with Crippen LogP contribution in [0.25, 0.3) is 67.8 Å². The zero-order chi connectivity index (χ0) is 50.5. The van der Waals surface area contributed by atoms with Crippen molar-refractivity contribution in [2.24, 2.45) is 11.8 Å². The Morgan fingerprint density at radius 1 is 0.417 bits per heavy atom. The molecular weight excluding hydrogens is 1010 g/mol. The first kappa shape index (κ1) is 49.1. The second-order valence-electron chi connectivity index (χ2n) is 23.6. The molecule has 0 spiro atoms. The average molecular weight is 1070 g/mol. The molecule has 8 aromatic rings. The molecule has 0 saturated carbocycles. The molecule has 11 rings (SSSR count). The second-order valence-corrected chi connectivity index (χ2v) is 46.0. The van der Waals surface area contributed by atoms with Gasteiger partial charge in [-0.05, 0) is 0 Å². The van der Waals surface area contributed by atoms with Gasteiger partial charge < -0.3 is 0 Å². The van der Waals surface area contributed by atoms with E-state index in [0.717, 1.165) is 0 Å². The molecule has 2 unspecified atom stereocenters. The van der Waals surface area contributed by atoms with Gasteiger partial charge in [-0.15, -0.1) is 0 Å². The number of hydrogen-bond donors (Lipinski definition) is 0. The summed E-state index contributed by atoms with van der Waals surface area (Å²) >= 11 is -5.94. The summed E-state index contributed by atoms with van der Waals surface area (Å²) in [6, 6.07) is 65.9. The summed E-state index contributed by atoms with van der Waals surface area (Å²) in [6.07, 6.45) is 5.15. The number of halogens is 2. The van der Waals surface area contributed by atoms with Crippen molar-refractivity contribution >= 4 is 52.3 Å². The van der Waals surface area contributed by atoms with Crippen LogP contribution in [0.3, 0.4) is 0 Å². The molecule has 2 aliphatic carbocycles. The van der Waals surface area contributed by atoms with Crippen LogP contribution in [-0.4, -0.2) is 9.52 Å². The number of rotatable bonds is 9. The van der Waals surface area contributed by atoms with Gasteiger partial charge in [-0.3, -0.25) is 0 Å². The number of fused-ring (bicyclic) bond motifs is 5. The van der Waals surface area contributed by atoms with E-state index in [-0.39, 0.29) is 29.9 Å². The van der Waals surface area contributed by atoms with Crippen LogP contribution >= 0.6 is 17.0 Å². The molecule has 8 aromatic carbocycles. The Kier molecular flexibility index (Phi) is 12.4. The van der Waals surface area contributed by atoms with Crippen LogP contribution in [0.5, 0.6) is 0 Å². The van der Waals surface area contributed by atoms with Crippen molar-refractivity contribution < 1.29 is 16.4 Å². The summed E-state index contributed by atoms with van der Waals surface area (Å²) in [6.45, 7) is 23.7. The van der Waals surface area contributed by atoms with E-state index in [2.05, 4.69) is 257 Å². The van der Waals surface area contributed by atoms with Crippen molar-refractivity contribution in [2.75, 3.05) is 0 Å². The van der Waals surface area contributed by atoms with Gasteiger partial charge in [-0.1, -0.05) is 0 Å². The molecule has 0 radical (unpaired) electrons.